The van der Waals surface area contributed by atoms with Crippen molar-refractivity contribution >= 4 is 22.6 Å². The predicted molar refractivity (Wildman–Crippen MR) is 70.4 cm³/mol. The maximum Gasteiger partial charge on any atom is 0.0712 e. The third-order valence-corrected chi connectivity index (χ3v) is 3.24. The molecule has 0 heterocycles. The van der Waals surface area contributed by atoms with E-state index in [1.165, 1.54) is 9.13 Å². The summed E-state index contributed by atoms with van der Waals surface area (Å²) in [5, 5.41) is 0. The second-order valence-electron chi connectivity index (χ2n) is 3.54. The van der Waals surface area contributed by atoms with Crippen LogP contribution in [0.5, 0.6) is 0 Å². The van der Waals surface area contributed by atoms with Gasteiger partial charge in [0.2, 0.25) is 0 Å². The Morgan fingerprint density at radius 2 is 2.00 bits per heavy atom. The monoisotopic (exact) mass is 320 g/mol. The Kier molecular flexibility index (Phi) is 5.52. The normalized spacial score (nSPS) is 14.9. The number of hydrogen-bond donors (Lipinski definition) is 2. The fourth-order valence-corrected chi connectivity index (χ4v) is 1.76. The first-order chi connectivity index (χ1) is 7.17. The van der Waals surface area contributed by atoms with Gasteiger partial charge in [0, 0.05) is 10.7 Å². The molecule has 0 aromatic heterocycles. The average molecular weight is 320 g/mol. The number of nitrogens with one attached hydrogen (secondary N) is 1. The topological polar surface area (TPSA) is 47.3 Å². The smallest absolute Gasteiger partial charge is 0.0712 e. The Hall–Kier alpha value is -0.170. The summed E-state index contributed by atoms with van der Waals surface area (Å²) in [5.41, 5.74) is 4.05. The first kappa shape index (κ1) is 12.9. The molecule has 0 amide bonds. The van der Waals surface area contributed by atoms with Crippen LogP contribution in [0.1, 0.15) is 12.5 Å². The largest absolute Gasteiger partial charge is 0.380 e. The van der Waals surface area contributed by atoms with Crippen LogP contribution in [0.15, 0.2) is 24.3 Å². The first-order valence-electron chi connectivity index (χ1n) is 4.90. The van der Waals surface area contributed by atoms with Gasteiger partial charge < -0.3 is 4.74 Å². The predicted octanol–water partition coefficient (Wildman–Crippen LogP) is 1.70. The van der Waals surface area contributed by atoms with E-state index in [1.54, 1.807) is 7.11 Å². The molecule has 2 unspecified atom stereocenters. The number of rotatable bonds is 5. The second-order valence-corrected chi connectivity index (χ2v) is 4.79. The minimum absolute atomic E-state index is 0.106. The van der Waals surface area contributed by atoms with Gasteiger partial charge in [-0.1, -0.05) is 12.1 Å². The zero-order chi connectivity index (χ0) is 11.3. The van der Waals surface area contributed by atoms with Crippen LogP contribution >= 0.6 is 22.6 Å². The number of hydrogen-bond acceptors (Lipinski definition) is 3. The molecule has 0 fully saturated rings. The van der Waals surface area contributed by atoms with E-state index in [9.17, 15) is 0 Å². The van der Waals surface area contributed by atoms with E-state index in [0.717, 1.165) is 6.42 Å². The van der Waals surface area contributed by atoms with Crippen LogP contribution in [0.25, 0.3) is 0 Å². The van der Waals surface area contributed by atoms with Crippen molar-refractivity contribution in [3.63, 3.8) is 0 Å². The number of hydrazine groups is 1. The summed E-state index contributed by atoms with van der Waals surface area (Å²) in [6.07, 6.45) is 0.983. The van der Waals surface area contributed by atoms with Crippen molar-refractivity contribution in [3.05, 3.63) is 33.4 Å². The maximum absolute atomic E-state index is 5.50. The van der Waals surface area contributed by atoms with Gasteiger partial charge in [-0.25, -0.2) is 0 Å². The van der Waals surface area contributed by atoms with E-state index >= 15 is 0 Å². The number of nitrogens with two attached hydrogens (primary N) is 1. The number of ether oxygens (including phenoxy) is 1. The molecule has 3 nitrogen and oxygen atoms in total. The number of halogens is 1. The maximum atomic E-state index is 5.50. The van der Waals surface area contributed by atoms with E-state index in [2.05, 4.69) is 52.3 Å². The summed E-state index contributed by atoms with van der Waals surface area (Å²) < 4.78 is 6.50. The quantitative estimate of drug-likeness (QED) is 0.493. The van der Waals surface area contributed by atoms with E-state index in [4.69, 9.17) is 10.6 Å². The van der Waals surface area contributed by atoms with Crippen LogP contribution < -0.4 is 11.3 Å². The molecule has 15 heavy (non-hydrogen) atoms. The molecule has 0 aliphatic heterocycles. The van der Waals surface area contributed by atoms with Crippen LogP contribution in [-0.2, 0) is 11.2 Å². The Balaban J connectivity index is 2.62. The molecular weight excluding hydrogens is 303 g/mol. The van der Waals surface area contributed by atoms with E-state index < -0.39 is 0 Å². The molecule has 1 aromatic rings. The molecule has 0 spiro atoms. The summed E-state index contributed by atoms with van der Waals surface area (Å²) in [5.74, 6) is 5.50. The molecular formula is C11H17IN2O. The lowest BCUT2D eigenvalue weighted by molar-refractivity contribution is 0.0831. The molecule has 0 radical (unpaired) electrons. The Morgan fingerprint density at radius 1 is 1.40 bits per heavy atom. The van der Waals surface area contributed by atoms with Crippen molar-refractivity contribution in [1.82, 2.24) is 5.43 Å². The summed E-state index contributed by atoms with van der Waals surface area (Å²) in [7, 11) is 1.70. The highest BCUT2D eigenvalue weighted by Crippen LogP contribution is 2.10. The van der Waals surface area contributed by atoms with Gasteiger partial charge in [0.15, 0.2) is 0 Å². The third-order valence-electron chi connectivity index (χ3n) is 2.52. The Morgan fingerprint density at radius 3 is 2.47 bits per heavy atom. The van der Waals surface area contributed by atoms with Crippen molar-refractivity contribution in [3.8, 4) is 0 Å². The molecule has 1 aromatic carbocycles. The lowest BCUT2D eigenvalue weighted by atomic mass is 10.0. The molecule has 84 valence electrons. The van der Waals surface area contributed by atoms with Crippen LogP contribution in [0.3, 0.4) is 0 Å². The van der Waals surface area contributed by atoms with Crippen molar-refractivity contribution in [2.24, 2.45) is 5.84 Å². The van der Waals surface area contributed by atoms with Crippen LogP contribution in [0.2, 0.25) is 0 Å². The molecule has 0 bridgehead atoms. The Labute approximate surface area is 104 Å². The first-order valence-corrected chi connectivity index (χ1v) is 5.98. The van der Waals surface area contributed by atoms with Gasteiger partial charge in [-0.15, -0.1) is 0 Å². The van der Waals surface area contributed by atoms with Crippen molar-refractivity contribution < 1.29 is 4.74 Å². The van der Waals surface area contributed by atoms with Gasteiger partial charge in [0.25, 0.3) is 0 Å². The fourth-order valence-electron chi connectivity index (χ4n) is 1.40. The molecule has 4 heteroatoms. The van der Waals surface area contributed by atoms with Gasteiger partial charge in [-0.2, -0.15) is 0 Å². The van der Waals surface area contributed by atoms with E-state index in [0.29, 0.717) is 0 Å². The minimum atomic E-state index is 0.106. The Bertz CT molecular complexity index is 289. The highest BCUT2D eigenvalue weighted by molar-refractivity contribution is 14.1. The van der Waals surface area contributed by atoms with E-state index in [1.807, 2.05) is 6.92 Å². The molecule has 0 aliphatic rings. The fraction of sp³-hybridized carbons (Fsp3) is 0.455. The van der Waals surface area contributed by atoms with Gasteiger partial charge in [0.1, 0.15) is 0 Å². The van der Waals surface area contributed by atoms with Crippen LogP contribution in [0, 0.1) is 3.57 Å². The summed E-state index contributed by atoms with van der Waals surface area (Å²) >= 11 is 2.30. The molecule has 1 rings (SSSR count). The second kappa shape index (κ2) is 6.42. The average Bonchev–Trinajstić information content (AvgIpc) is 2.27. The summed E-state index contributed by atoms with van der Waals surface area (Å²) in [6, 6.07) is 8.58. The number of methoxy groups -OCH3 is 1. The minimum Gasteiger partial charge on any atom is -0.380 e. The van der Waals surface area contributed by atoms with Crippen LogP contribution in [0.4, 0.5) is 0 Å². The SMILES string of the molecule is COC(C)C(Cc1ccc(I)cc1)NN. The highest BCUT2D eigenvalue weighted by Gasteiger charge is 2.15. The number of benzene rings is 1. The van der Waals surface area contributed by atoms with E-state index in [-0.39, 0.29) is 12.1 Å². The molecule has 2 atom stereocenters. The van der Waals surface area contributed by atoms with Gasteiger partial charge in [0.05, 0.1) is 12.1 Å². The van der Waals surface area contributed by atoms with Gasteiger partial charge >= 0.3 is 0 Å². The zero-order valence-corrected chi connectivity index (χ0v) is 11.2. The van der Waals surface area contributed by atoms with Crippen molar-refractivity contribution in [2.45, 2.75) is 25.5 Å². The molecule has 0 saturated carbocycles. The third kappa shape index (κ3) is 4.06. The zero-order valence-electron chi connectivity index (χ0n) is 9.03. The van der Waals surface area contributed by atoms with Gasteiger partial charge in [-0.05, 0) is 53.6 Å². The van der Waals surface area contributed by atoms with Crippen molar-refractivity contribution in [1.29, 1.82) is 0 Å². The lowest BCUT2D eigenvalue weighted by Crippen LogP contribution is -2.45. The molecule has 0 saturated heterocycles. The standard InChI is InChI=1S/C11H17IN2O/c1-8(15-2)11(14-13)7-9-3-5-10(12)6-4-9/h3-6,8,11,14H,7,13H2,1-2H3. The van der Waals surface area contributed by atoms with Crippen molar-refractivity contribution in [2.75, 3.05) is 7.11 Å². The summed E-state index contributed by atoms with van der Waals surface area (Å²) in [6.45, 7) is 2.01. The summed E-state index contributed by atoms with van der Waals surface area (Å²) in [4.78, 5) is 0. The van der Waals surface area contributed by atoms with Crippen LogP contribution in [-0.4, -0.2) is 19.3 Å². The molecule has 3 N–H and O–H groups in total. The molecule has 0 aliphatic carbocycles. The lowest BCUT2D eigenvalue weighted by Gasteiger charge is -2.21. The highest BCUT2D eigenvalue weighted by atomic mass is 127. The van der Waals surface area contributed by atoms with Gasteiger partial charge in [-0.3, -0.25) is 11.3 Å².